The van der Waals surface area contributed by atoms with Gasteiger partial charge in [0.05, 0.1) is 69.1 Å². The molecule has 5 atom stereocenters. The summed E-state index contributed by atoms with van der Waals surface area (Å²) < 4.78 is 29.0. The van der Waals surface area contributed by atoms with Gasteiger partial charge >= 0.3 is 0 Å². The topological polar surface area (TPSA) is 236 Å². The predicted octanol–water partition coefficient (Wildman–Crippen LogP) is 7.32. The molecule has 1 unspecified atom stereocenters. The van der Waals surface area contributed by atoms with Gasteiger partial charge in [-0.2, -0.15) is 0 Å². The fourth-order valence-electron chi connectivity index (χ4n) is 10.3. The molecule has 0 bridgehead atoms. The Kier molecular flexibility index (Phi) is 17.4. The van der Waals surface area contributed by atoms with Crippen molar-refractivity contribution in [1.82, 2.24) is 25.3 Å². The number of anilines is 1. The van der Waals surface area contributed by atoms with E-state index in [0.29, 0.717) is 96.3 Å². The summed E-state index contributed by atoms with van der Waals surface area (Å²) in [4.78, 5) is 105. The van der Waals surface area contributed by atoms with Gasteiger partial charge in [0, 0.05) is 86.9 Å². The molecule has 20 nitrogen and oxygen atoms in total. The van der Waals surface area contributed by atoms with Gasteiger partial charge < -0.3 is 49.4 Å². The molecule has 0 radical (unpaired) electrons. The monoisotopic (exact) mass is 1090 g/mol. The van der Waals surface area contributed by atoms with Crippen LogP contribution in [0.1, 0.15) is 103 Å². The molecule has 1 saturated heterocycles. The van der Waals surface area contributed by atoms with Crippen molar-refractivity contribution >= 4 is 76.4 Å². The molecule has 3 N–H and O–H groups in total. The number of nitrogens with one attached hydrogen (secondary N) is 3. The molecule has 0 aromatic heterocycles. The number of aliphatic imine (C=N–C) groups is 2. The highest BCUT2D eigenvalue weighted by Gasteiger charge is 2.39. The van der Waals surface area contributed by atoms with Gasteiger partial charge in [0.2, 0.25) is 17.7 Å². The molecule has 0 saturated carbocycles. The second-order valence-corrected chi connectivity index (χ2v) is 20.6. The van der Waals surface area contributed by atoms with Crippen LogP contribution in [0.2, 0.25) is 0 Å². The smallest absolute Gasteiger partial charge is 0.260 e. The third-order valence-corrected chi connectivity index (χ3v) is 14.8. The van der Waals surface area contributed by atoms with Gasteiger partial charge in [-0.1, -0.05) is 44.5 Å². The maximum absolute atomic E-state index is 14.2. The van der Waals surface area contributed by atoms with Crippen LogP contribution >= 0.6 is 0 Å². The maximum atomic E-state index is 14.2. The van der Waals surface area contributed by atoms with Crippen LogP contribution in [0.25, 0.3) is 5.57 Å². The first-order chi connectivity index (χ1) is 38.6. The van der Waals surface area contributed by atoms with Gasteiger partial charge in [-0.25, -0.2) is 0 Å². The van der Waals surface area contributed by atoms with E-state index in [1.165, 1.54) is 31.3 Å². The third-order valence-electron chi connectivity index (χ3n) is 14.8. The van der Waals surface area contributed by atoms with Gasteiger partial charge in [-0.3, -0.25) is 48.4 Å². The van der Waals surface area contributed by atoms with Crippen LogP contribution in [0, 0.1) is 5.92 Å². The number of imide groups is 1. The van der Waals surface area contributed by atoms with Gasteiger partial charge in [0.15, 0.2) is 23.0 Å². The minimum absolute atomic E-state index is 0.00502. The molecule has 7 amide bonds. The van der Waals surface area contributed by atoms with Crippen LogP contribution in [0.4, 0.5) is 17.1 Å². The Morgan fingerprint density at radius 1 is 0.675 bits per heavy atom. The number of ether oxygens (including phenoxy) is 5. The summed E-state index contributed by atoms with van der Waals surface area (Å²) in [5.74, 6) is -0.114. The Hall–Kier alpha value is -8.81. The fourth-order valence-corrected chi connectivity index (χ4v) is 10.3. The van der Waals surface area contributed by atoms with Crippen LogP contribution in [0.3, 0.4) is 0 Å². The number of carbonyl (C=O) groups excluding carboxylic acids is 7. The lowest BCUT2D eigenvalue weighted by Gasteiger charge is -2.24. The zero-order valence-corrected chi connectivity index (χ0v) is 45.7. The Morgan fingerprint density at radius 2 is 1.30 bits per heavy atom. The predicted molar refractivity (Wildman–Crippen MR) is 299 cm³/mol. The van der Waals surface area contributed by atoms with E-state index in [1.54, 1.807) is 81.6 Å². The summed E-state index contributed by atoms with van der Waals surface area (Å²) in [7, 11) is 4.67. The minimum atomic E-state index is -0.914. The van der Waals surface area contributed by atoms with Crippen molar-refractivity contribution < 1.29 is 57.2 Å². The summed E-state index contributed by atoms with van der Waals surface area (Å²) in [6, 6.07) is 19.6. The van der Waals surface area contributed by atoms with E-state index < -0.39 is 23.9 Å². The molecular formula is C60H66N8O12. The zero-order valence-electron chi connectivity index (χ0n) is 45.7. The van der Waals surface area contributed by atoms with E-state index in [-0.39, 0.29) is 79.6 Å². The lowest BCUT2D eigenvalue weighted by Crippen LogP contribution is -2.53. The van der Waals surface area contributed by atoms with Gasteiger partial charge in [0.1, 0.15) is 17.8 Å². The van der Waals surface area contributed by atoms with Crippen molar-refractivity contribution in [1.29, 1.82) is 0 Å². The summed E-state index contributed by atoms with van der Waals surface area (Å²) in [6.07, 6.45) is 11.6. The molecule has 0 aliphatic carbocycles. The maximum Gasteiger partial charge on any atom is 0.260 e. The van der Waals surface area contributed by atoms with E-state index in [2.05, 4.69) is 16.0 Å². The standard InChI is InChI=1S/C60H66N8O12/c1-35(2)56(65-53(69)11-8-7-9-22-66-54(70)20-21-55(66)71)58(73)63-36(3)57(72)64-41-16-12-37(13-17-41)39-25-42-31-61-47-29-51(49(77-5)27-45(47)59(74)67(42)33-39)79-23-10-24-80-52-30-48-46(28-50(52)78-6)60(75)68-34-40(26-43(68)32-62-48)38-14-18-44(76-4)19-15-38/h12-21,27-32,34-36,39,42-43,56H,7-11,22-26,33H2,1-6H3,(H,63,73)(H,64,72)(H,65,69)/t36-,39?,42-,43-,56-/m0/s1. The second kappa shape index (κ2) is 24.9. The summed E-state index contributed by atoms with van der Waals surface area (Å²) in [5, 5.41) is 8.37. The lowest BCUT2D eigenvalue weighted by atomic mass is 9.96. The number of benzene rings is 4. The van der Waals surface area contributed by atoms with Crippen molar-refractivity contribution in [2.75, 3.05) is 52.9 Å². The van der Waals surface area contributed by atoms with E-state index >= 15 is 0 Å². The molecule has 0 spiro atoms. The quantitative estimate of drug-likeness (QED) is 0.0490. The molecule has 80 heavy (non-hydrogen) atoms. The van der Waals surface area contributed by atoms with Gasteiger partial charge in [-0.15, -0.1) is 0 Å². The molecule has 5 heterocycles. The van der Waals surface area contributed by atoms with Crippen LogP contribution in [-0.4, -0.2) is 140 Å². The Bertz CT molecular complexity index is 3150. The van der Waals surface area contributed by atoms with E-state index in [4.69, 9.17) is 33.7 Å². The fraction of sp³-hybridized carbons (Fsp3) is 0.383. The Labute approximate surface area is 464 Å². The normalized spacial score (nSPS) is 18.6. The number of nitrogens with zero attached hydrogens (tertiary/aromatic N) is 5. The van der Waals surface area contributed by atoms with Crippen molar-refractivity contribution in [3.63, 3.8) is 0 Å². The number of rotatable bonds is 23. The Balaban J connectivity index is 0.730. The average molecular weight is 1090 g/mol. The molecule has 1 fully saturated rings. The highest BCUT2D eigenvalue weighted by molar-refractivity contribution is 6.13. The first-order valence-corrected chi connectivity index (χ1v) is 26.9. The van der Waals surface area contributed by atoms with Crippen molar-refractivity contribution in [2.45, 2.75) is 95.8 Å². The summed E-state index contributed by atoms with van der Waals surface area (Å²) in [5.41, 5.74) is 5.30. The van der Waals surface area contributed by atoms with Gasteiger partial charge in [-0.05, 0) is 85.2 Å². The Morgan fingerprint density at radius 3 is 1.91 bits per heavy atom. The van der Waals surface area contributed by atoms with Crippen molar-refractivity contribution in [2.24, 2.45) is 15.9 Å². The number of fused-ring (bicyclic) bond motifs is 4. The molecular weight excluding hydrogens is 1020 g/mol. The number of unbranched alkanes of at least 4 members (excludes halogenated alkanes) is 2. The van der Waals surface area contributed by atoms with E-state index in [9.17, 15) is 33.6 Å². The lowest BCUT2D eigenvalue weighted by molar-refractivity contribution is -0.137. The molecule has 9 rings (SSSR count). The number of hydrogen-bond donors (Lipinski definition) is 3. The van der Waals surface area contributed by atoms with E-state index in [0.717, 1.165) is 22.4 Å². The molecule has 418 valence electrons. The number of amides is 7. The number of hydrogen-bond acceptors (Lipinski definition) is 14. The van der Waals surface area contributed by atoms with Crippen molar-refractivity contribution in [3.05, 3.63) is 113 Å². The third kappa shape index (κ3) is 12.5. The first kappa shape index (κ1) is 55.9. The van der Waals surface area contributed by atoms with Gasteiger partial charge in [0.25, 0.3) is 23.6 Å². The zero-order chi connectivity index (χ0) is 56.6. The van der Waals surface area contributed by atoms with Crippen molar-refractivity contribution in [3.8, 4) is 28.7 Å². The van der Waals surface area contributed by atoms with Crippen LogP contribution in [0.5, 0.6) is 28.7 Å². The molecule has 5 aliphatic rings. The molecule has 20 heteroatoms. The van der Waals surface area contributed by atoms with Crippen LogP contribution in [-0.2, 0) is 24.0 Å². The first-order valence-electron chi connectivity index (χ1n) is 26.9. The SMILES string of the molecule is COc1ccc(C2=CN3C(=O)c4cc(OC)c(OCCCOc5cc6c(cc5OC)C(=O)N5CC(c7ccc(NC(=O)[C@H](C)NC(=O)[C@@H](NC(=O)CCCCCN8C(=O)C=CC8=O)C(C)C)cc7)C[C@H]5C=N6)cc4N=C[C@@H]3C2)cc1. The van der Waals surface area contributed by atoms with Crippen LogP contribution in [0.15, 0.2) is 101 Å². The largest absolute Gasteiger partial charge is 0.497 e. The highest BCUT2D eigenvalue weighted by atomic mass is 16.5. The number of methoxy groups -OCH3 is 3. The minimum Gasteiger partial charge on any atom is -0.497 e. The van der Waals surface area contributed by atoms with E-state index in [1.807, 2.05) is 47.5 Å². The average Bonchev–Trinajstić information content (AvgIpc) is 4.15. The van der Waals surface area contributed by atoms with Crippen LogP contribution < -0.4 is 39.6 Å². The molecule has 5 aliphatic heterocycles. The molecule has 4 aromatic carbocycles. The summed E-state index contributed by atoms with van der Waals surface area (Å²) in [6.45, 7) is 6.42. The number of carbonyl (C=O) groups is 7. The second-order valence-electron chi connectivity index (χ2n) is 20.6. The summed E-state index contributed by atoms with van der Waals surface area (Å²) >= 11 is 0. The highest BCUT2D eigenvalue weighted by Crippen LogP contribution is 2.42. The molecule has 4 aromatic rings.